The van der Waals surface area contributed by atoms with Gasteiger partial charge >= 0.3 is 7.60 Å². The van der Waals surface area contributed by atoms with Crippen LogP contribution in [0.2, 0.25) is 0 Å². The minimum Gasteiger partial charge on any atom is -0.388 e. The number of aliphatic hydroxyl groups is 3. The van der Waals surface area contributed by atoms with E-state index < -0.39 is 48.6 Å². The molecule has 3 rings (SSSR count). The van der Waals surface area contributed by atoms with Crippen LogP contribution in [0.25, 0.3) is 11.0 Å². The van der Waals surface area contributed by atoms with E-state index in [-0.39, 0.29) is 36.2 Å². The second-order valence-corrected chi connectivity index (χ2v) is 10.9. The molecule has 5 atom stereocenters. The number of aromatic nitrogens is 3. The SMILES string of the molecule is CCC(CC)(CC1O[C@@H](n2ccc3c(=O)[nH]c(N)nc32)[C@H](O)C1O)OP(=O)(O)C(O)(CC)CC. The van der Waals surface area contributed by atoms with Crippen LogP contribution < -0.4 is 11.3 Å². The highest BCUT2D eigenvalue weighted by Gasteiger charge is 2.52. The minimum atomic E-state index is -4.48. The number of H-pyrrole nitrogens is 1. The maximum absolute atomic E-state index is 13.1. The maximum Gasteiger partial charge on any atom is 0.359 e. The summed E-state index contributed by atoms with van der Waals surface area (Å²) >= 11 is 0. The van der Waals surface area contributed by atoms with Crippen molar-refractivity contribution >= 4 is 24.6 Å². The van der Waals surface area contributed by atoms with Crippen molar-refractivity contribution in [3.05, 3.63) is 22.6 Å². The van der Waals surface area contributed by atoms with Crippen molar-refractivity contribution in [1.29, 1.82) is 0 Å². The summed E-state index contributed by atoms with van der Waals surface area (Å²) in [7, 11) is -4.48. The zero-order chi connectivity index (χ0) is 25.5. The molecular formula is C21H35N4O8P. The summed E-state index contributed by atoms with van der Waals surface area (Å²) in [4.78, 5) is 29.3. The molecule has 0 aromatic carbocycles. The molecule has 1 fully saturated rings. The van der Waals surface area contributed by atoms with Gasteiger partial charge in [0.25, 0.3) is 5.56 Å². The fourth-order valence-electron chi connectivity index (χ4n) is 4.46. The van der Waals surface area contributed by atoms with Crippen molar-refractivity contribution in [2.24, 2.45) is 0 Å². The van der Waals surface area contributed by atoms with Gasteiger partial charge < -0.3 is 35.3 Å². The van der Waals surface area contributed by atoms with Crippen molar-refractivity contribution in [3.63, 3.8) is 0 Å². The van der Waals surface area contributed by atoms with Crippen molar-refractivity contribution in [2.45, 2.75) is 95.3 Å². The summed E-state index contributed by atoms with van der Waals surface area (Å²) in [6, 6.07) is 1.50. The van der Waals surface area contributed by atoms with Gasteiger partial charge in [-0.2, -0.15) is 4.98 Å². The van der Waals surface area contributed by atoms with Gasteiger partial charge in [-0.15, -0.1) is 0 Å². The zero-order valence-electron chi connectivity index (χ0n) is 19.8. The number of aliphatic hydroxyl groups excluding tert-OH is 2. The molecular weight excluding hydrogens is 467 g/mol. The number of hydrogen-bond donors (Lipinski definition) is 6. The molecule has 34 heavy (non-hydrogen) atoms. The molecule has 0 spiro atoms. The number of nitrogens with zero attached hydrogens (tertiary/aromatic N) is 2. The first-order chi connectivity index (χ1) is 15.9. The summed E-state index contributed by atoms with van der Waals surface area (Å²) in [5, 5.41) is 30.5. The standard InChI is InChI=1S/C21H35N4O8P/c1-5-20(6-2,33-34(30,31)21(29,7-3)8-4)11-13-14(26)15(27)18(32-13)25-10-9-12-16(25)23-19(22)24-17(12)28/h9-10,13-15,18,26-27,29H,5-8,11H2,1-4H3,(H,30,31)(H3,22,23,24,28)/t13?,14?,15-,18-/m1/s1. The van der Waals surface area contributed by atoms with Crippen molar-refractivity contribution in [1.82, 2.24) is 14.5 Å². The van der Waals surface area contributed by atoms with E-state index in [9.17, 15) is 29.6 Å². The monoisotopic (exact) mass is 502 g/mol. The molecule has 0 aliphatic carbocycles. The second-order valence-electron chi connectivity index (χ2n) is 8.85. The lowest BCUT2D eigenvalue weighted by Gasteiger charge is -2.40. The summed E-state index contributed by atoms with van der Waals surface area (Å²) in [5.74, 6) is -0.107. The van der Waals surface area contributed by atoms with Crippen molar-refractivity contribution in [2.75, 3.05) is 5.73 Å². The Morgan fingerprint density at radius 3 is 2.38 bits per heavy atom. The number of rotatable bonds is 10. The Morgan fingerprint density at radius 2 is 1.82 bits per heavy atom. The maximum atomic E-state index is 13.1. The number of hydrogen-bond acceptors (Lipinski definition) is 9. The van der Waals surface area contributed by atoms with Crippen LogP contribution in [0, 0.1) is 0 Å². The number of aromatic amines is 1. The predicted octanol–water partition coefficient (Wildman–Crippen LogP) is 1.59. The van der Waals surface area contributed by atoms with E-state index in [1.165, 1.54) is 16.8 Å². The highest BCUT2D eigenvalue weighted by molar-refractivity contribution is 7.54. The lowest BCUT2D eigenvalue weighted by atomic mass is 9.88. The van der Waals surface area contributed by atoms with E-state index in [2.05, 4.69) is 9.97 Å². The molecule has 192 valence electrons. The Morgan fingerprint density at radius 1 is 1.21 bits per heavy atom. The van der Waals surface area contributed by atoms with Gasteiger partial charge in [-0.3, -0.25) is 18.9 Å². The van der Waals surface area contributed by atoms with Gasteiger partial charge in [0.05, 0.1) is 17.1 Å². The van der Waals surface area contributed by atoms with Gasteiger partial charge in [-0.25, -0.2) is 0 Å². The fourth-order valence-corrected chi connectivity index (χ4v) is 6.29. The van der Waals surface area contributed by atoms with Gasteiger partial charge in [0.1, 0.15) is 12.2 Å². The molecule has 2 aromatic heterocycles. The molecule has 1 aliphatic heterocycles. The van der Waals surface area contributed by atoms with E-state index in [1.54, 1.807) is 27.7 Å². The normalized spacial score (nSPS) is 25.6. The number of anilines is 1. The molecule has 0 radical (unpaired) electrons. The first-order valence-corrected chi connectivity index (χ1v) is 13.1. The van der Waals surface area contributed by atoms with Crippen LogP contribution in [0.5, 0.6) is 0 Å². The van der Waals surface area contributed by atoms with Crippen LogP contribution in [-0.2, 0) is 13.8 Å². The summed E-state index contributed by atoms with van der Waals surface area (Å²) in [6.07, 6.45) is -2.64. The largest absolute Gasteiger partial charge is 0.388 e. The van der Waals surface area contributed by atoms with Gasteiger partial charge in [0, 0.05) is 12.6 Å². The highest BCUT2D eigenvalue weighted by Crippen LogP contribution is 2.61. The first kappa shape index (κ1) is 26.8. The predicted molar refractivity (Wildman–Crippen MR) is 125 cm³/mol. The van der Waals surface area contributed by atoms with Gasteiger partial charge in [0.15, 0.2) is 17.2 Å². The summed E-state index contributed by atoms with van der Waals surface area (Å²) in [6.45, 7) is 6.75. The number of nitrogens with two attached hydrogens (primary N) is 1. The Bertz CT molecular complexity index is 1110. The lowest BCUT2D eigenvalue weighted by molar-refractivity contribution is -0.0760. The first-order valence-electron chi connectivity index (χ1n) is 11.5. The molecule has 0 bridgehead atoms. The quantitative estimate of drug-likeness (QED) is 0.260. The zero-order valence-corrected chi connectivity index (χ0v) is 20.7. The van der Waals surface area contributed by atoms with E-state index in [4.69, 9.17) is 15.0 Å². The van der Waals surface area contributed by atoms with Crippen LogP contribution in [0.1, 0.15) is 66.0 Å². The van der Waals surface area contributed by atoms with Gasteiger partial charge in [-0.1, -0.05) is 27.7 Å². The van der Waals surface area contributed by atoms with E-state index >= 15 is 0 Å². The molecule has 1 aliphatic rings. The number of ether oxygens (including phenoxy) is 1. The highest BCUT2D eigenvalue weighted by atomic mass is 31.2. The molecule has 0 amide bonds. The number of nitrogen functional groups attached to an aromatic ring is 1. The number of fused-ring (bicyclic) bond motifs is 1. The van der Waals surface area contributed by atoms with E-state index in [0.717, 1.165) is 0 Å². The molecule has 2 aromatic rings. The fraction of sp³-hybridized carbons (Fsp3) is 0.714. The lowest BCUT2D eigenvalue weighted by Crippen LogP contribution is -2.42. The van der Waals surface area contributed by atoms with E-state index in [0.29, 0.717) is 12.8 Å². The third-order valence-electron chi connectivity index (χ3n) is 7.05. The Hall–Kier alpha value is -1.79. The molecule has 0 saturated carbocycles. The van der Waals surface area contributed by atoms with Crippen molar-refractivity contribution in [3.8, 4) is 0 Å². The number of nitrogens with one attached hydrogen (secondary N) is 1. The average Bonchev–Trinajstić information content (AvgIpc) is 3.33. The molecule has 12 nitrogen and oxygen atoms in total. The van der Waals surface area contributed by atoms with Crippen molar-refractivity contribution < 1.29 is 34.0 Å². The third kappa shape index (κ3) is 4.56. The topological polar surface area (TPSA) is 193 Å². The second kappa shape index (κ2) is 9.69. The molecule has 3 unspecified atom stereocenters. The van der Waals surface area contributed by atoms with Gasteiger partial charge in [0.2, 0.25) is 5.95 Å². The smallest absolute Gasteiger partial charge is 0.359 e. The minimum absolute atomic E-state index is 0.0157. The summed E-state index contributed by atoms with van der Waals surface area (Å²) in [5.41, 5.74) is 4.18. The van der Waals surface area contributed by atoms with Gasteiger partial charge in [-0.05, 0) is 31.7 Å². The Kier molecular flexibility index (Phi) is 7.64. The van der Waals surface area contributed by atoms with Crippen LogP contribution in [0.4, 0.5) is 5.95 Å². The van der Waals surface area contributed by atoms with Crippen LogP contribution in [0.15, 0.2) is 17.1 Å². The Balaban J connectivity index is 1.90. The molecule has 1 saturated heterocycles. The van der Waals surface area contributed by atoms with Crippen LogP contribution in [-0.4, -0.2) is 64.0 Å². The average molecular weight is 503 g/mol. The van der Waals surface area contributed by atoms with Crippen LogP contribution >= 0.6 is 7.60 Å². The molecule has 7 N–H and O–H groups in total. The van der Waals surface area contributed by atoms with Crippen LogP contribution in [0.3, 0.4) is 0 Å². The Labute approximate surface area is 197 Å². The summed E-state index contributed by atoms with van der Waals surface area (Å²) < 4.78 is 26.2. The van der Waals surface area contributed by atoms with E-state index in [1.807, 2.05) is 0 Å². The third-order valence-corrected chi connectivity index (χ3v) is 9.37. The molecule has 3 heterocycles. The molecule has 13 heteroatoms.